The van der Waals surface area contributed by atoms with Crippen molar-refractivity contribution in [2.45, 2.75) is 13.1 Å². The van der Waals surface area contributed by atoms with Crippen LogP contribution in [-0.4, -0.2) is 16.2 Å². The lowest BCUT2D eigenvalue weighted by Gasteiger charge is -2.09. The van der Waals surface area contributed by atoms with Gasteiger partial charge in [0.1, 0.15) is 11.4 Å². The summed E-state index contributed by atoms with van der Waals surface area (Å²) in [5.41, 5.74) is 5.54. The van der Waals surface area contributed by atoms with E-state index in [-0.39, 0.29) is 11.4 Å². The van der Waals surface area contributed by atoms with Gasteiger partial charge < -0.3 is 16.2 Å². The zero-order valence-electron chi connectivity index (χ0n) is 7.60. The number of rotatable bonds is 3. The van der Waals surface area contributed by atoms with Crippen molar-refractivity contribution in [1.29, 1.82) is 0 Å². The van der Waals surface area contributed by atoms with Gasteiger partial charge in [-0.1, -0.05) is 0 Å². The molecule has 0 saturated carbocycles. The molecule has 1 atom stereocenters. The Bertz CT molecular complexity index is 352. The number of anilines is 1. The maximum absolute atomic E-state index is 10.6. The van der Waals surface area contributed by atoms with E-state index in [0.717, 1.165) is 6.07 Å². The van der Waals surface area contributed by atoms with Gasteiger partial charge in [-0.2, -0.15) is 0 Å². The molecule has 6 heteroatoms. The molecule has 0 fully saturated rings. The Balaban J connectivity index is 3.08. The van der Waals surface area contributed by atoms with Crippen LogP contribution in [0.15, 0.2) is 18.2 Å². The Kier molecular flexibility index (Phi) is 2.88. The van der Waals surface area contributed by atoms with Gasteiger partial charge in [0.25, 0.3) is 5.69 Å². The van der Waals surface area contributed by atoms with Crippen LogP contribution in [0.4, 0.5) is 11.4 Å². The zero-order valence-corrected chi connectivity index (χ0v) is 7.60. The minimum atomic E-state index is -0.579. The Morgan fingerprint density at radius 2 is 2.29 bits per heavy atom. The summed E-state index contributed by atoms with van der Waals surface area (Å²) in [6, 6.07) is 3.85. The van der Waals surface area contributed by atoms with Gasteiger partial charge >= 0.3 is 0 Å². The Morgan fingerprint density at radius 1 is 1.64 bits per heavy atom. The monoisotopic (exact) mass is 197 g/mol. The molecule has 0 aliphatic heterocycles. The largest absolute Gasteiger partial charge is 0.508 e. The van der Waals surface area contributed by atoms with Crippen LogP contribution in [0.2, 0.25) is 0 Å². The fraction of sp³-hybridized carbons (Fsp3) is 0.250. The van der Waals surface area contributed by atoms with Crippen molar-refractivity contribution in [3.05, 3.63) is 28.3 Å². The zero-order chi connectivity index (χ0) is 10.7. The van der Waals surface area contributed by atoms with Crippen molar-refractivity contribution in [3.63, 3.8) is 0 Å². The van der Waals surface area contributed by atoms with E-state index < -0.39 is 11.1 Å². The van der Waals surface area contributed by atoms with Gasteiger partial charge in [0.2, 0.25) is 0 Å². The molecule has 0 amide bonds. The average molecular weight is 197 g/mol. The first-order chi connectivity index (χ1) is 6.50. The van der Waals surface area contributed by atoms with Crippen LogP contribution < -0.4 is 11.1 Å². The van der Waals surface area contributed by atoms with E-state index >= 15 is 0 Å². The molecule has 0 radical (unpaired) electrons. The maximum atomic E-state index is 10.6. The van der Waals surface area contributed by atoms with E-state index in [0.29, 0.717) is 5.69 Å². The minimum Gasteiger partial charge on any atom is -0.508 e. The third kappa shape index (κ3) is 2.33. The third-order valence-corrected chi connectivity index (χ3v) is 1.56. The number of nitrogens with zero attached hydrogens (tertiary/aromatic N) is 1. The molecular formula is C8H11N3O3. The van der Waals surface area contributed by atoms with E-state index in [2.05, 4.69) is 5.32 Å². The van der Waals surface area contributed by atoms with Crippen molar-refractivity contribution in [1.82, 2.24) is 0 Å². The van der Waals surface area contributed by atoms with Gasteiger partial charge in [-0.05, 0) is 19.1 Å². The second-order valence-corrected chi connectivity index (χ2v) is 2.89. The van der Waals surface area contributed by atoms with Gasteiger partial charge in [-0.15, -0.1) is 0 Å². The van der Waals surface area contributed by atoms with Crippen molar-refractivity contribution in [2.75, 3.05) is 5.32 Å². The first-order valence-electron chi connectivity index (χ1n) is 4.00. The van der Waals surface area contributed by atoms with Crippen molar-refractivity contribution >= 4 is 11.4 Å². The van der Waals surface area contributed by atoms with E-state index in [1.165, 1.54) is 12.1 Å². The van der Waals surface area contributed by atoms with Crippen LogP contribution in [-0.2, 0) is 0 Å². The summed E-state index contributed by atoms with van der Waals surface area (Å²) >= 11 is 0. The van der Waals surface area contributed by atoms with Crippen molar-refractivity contribution < 1.29 is 10.0 Å². The molecule has 1 unspecified atom stereocenters. The molecule has 76 valence electrons. The first kappa shape index (κ1) is 10.3. The van der Waals surface area contributed by atoms with Crippen LogP contribution in [0.5, 0.6) is 5.75 Å². The summed E-state index contributed by atoms with van der Waals surface area (Å²) in [4.78, 5) is 9.99. The van der Waals surface area contributed by atoms with E-state index in [1.807, 2.05) is 0 Å². The van der Waals surface area contributed by atoms with Gasteiger partial charge in [-0.25, -0.2) is 0 Å². The lowest BCUT2D eigenvalue weighted by atomic mass is 10.2. The fourth-order valence-corrected chi connectivity index (χ4v) is 1.04. The molecule has 6 nitrogen and oxygen atoms in total. The Labute approximate surface area is 80.5 Å². The fourth-order valence-electron chi connectivity index (χ4n) is 1.04. The smallest absolute Gasteiger partial charge is 0.296 e. The topological polar surface area (TPSA) is 101 Å². The number of benzene rings is 1. The lowest BCUT2D eigenvalue weighted by molar-refractivity contribution is -0.384. The molecule has 4 N–H and O–H groups in total. The molecule has 1 aromatic rings. The number of phenols is 1. The summed E-state index contributed by atoms with van der Waals surface area (Å²) in [5, 5.41) is 22.3. The van der Waals surface area contributed by atoms with Crippen LogP contribution in [0.25, 0.3) is 0 Å². The molecule has 0 aliphatic rings. The highest BCUT2D eigenvalue weighted by atomic mass is 16.6. The molecule has 1 rings (SSSR count). The normalized spacial score (nSPS) is 12.1. The minimum absolute atomic E-state index is 0.146. The van der Waals surface area contributed by atoms with E-state index in [9.17, 15) is 10.1 Å². The highest BCUT2D eigenvalue weighted by Gasteiger charge is 2.14. The predicted molar refractivity (Wildman–Crippen MR) is 52.0 cm³/mol. The number of phenolic OH excluding ortho intramolecular Hbond substituents is 1. The van der Waals surface area contributed by atoms with Crippen LogP contribution in [0.3, 0.4) is 0 Å². The number of hydrogen-bond donors (Lipinski definition) is 3. The Hall–Kier alpha value is -1.82. The molecule has 0 aromatic heterocycles. The number of nitro benzene ring substituents is 1. The second-order valence-electron chi connectivity index (χ2n) is 2.89. The second kappa shape index (κ2) is 3.93. The van der Waals surface area contributed by atoms with Crippen LogP contribution in [0, 0.1) is 10.1 Å². The lowest BCUT2D eigenvalue weighted by Crippen LogP contribution is -2.25. The molecule has 1 aromatic carbocycles. The summed E-state index contributed by atoms with van der Waals surface area (Å²) in [5.74, 6) is -0.146. The third-order valence-electron chi connectivity index (χ3n) is 1.56. The number of hydrogen-bond acceptors (Lipinski definition) is 5. The summed E-state index contributed by atoms with van der Waals surface area (Å²) < 4.78 is 0. The molecule has 0 aliphatic carbocycles. The molecule has 0 saturated heterocycles. The molecule has 14 heavy (non-hydrogen) atoms. The molecule has 0 spiro atoms. The van der Waals surface area contributed by atoms with Crippen molar-refractivity contribution in [2.24, 2.45) is 5.73 Å². The summed E-state index contributed by atoms with van der Waals surface area (Å²) in [6.07, 6.45) is -0.391. The summed E-state index contributed by atoms with van der Waals surface area (Å²) in [6.45, 7) is 1.66. The number of nitrogens with two attached hydrogens (primary N) is 1. The van der Waals surface area contributed by atoms with Gasteiger partial charge in [0, 0.05) is 0 Å². The molecular weight excluding hydrogens is 186 g/mol. The number of nitro groups is 1. The predicted octanol–water partition coefficient (Wildman–Crippen LogP) is 1.02. The SMILES string of the molecule is CC(N)Nc1ccc(O)cc1[N+](=O)[O-]. The number of nitrogens with one attached hydrogen (secondary N) is 1. The maximum Gasteiger partial charge on any atom is 0.296 e. The van der Waals surface area contributed by atoms with E-state index in [4.69, 9.17) is 10.8 Å². The number of aromatic hydroxyl groups is 1. The highest BCUT2D eigenvalue weighted by molar-refractivity contribution is 5.63. The first-order valence-corrected chi connectivity index (χ1v) is 4.00. The van der Waals surface area contributed by atoms with Gasteiger partial charge in [-0.3, -0.25) is 10.1 Å². The van der Waals surface area contributed by atoms with Gasteiger partial charge in [0.05, 0.1) is 17.2 Å². The molecule has 0 bridgehead atoms. The highest BCUT2D eigenvalue weighted by Crippen LogP contribution is 2.28. The van der Waals surface area contributed by atoms with Crippen molar-refractivity contribution in [3.8, 4) is 5.75 Å². The van der Waals surface area contributed by atoms with Crippen LogP contribution in [0.1, 0.15) is 6.92 Å². The van der Waals surface area contributed by atoms with Crippen LogP contribution >= 0.6 is 0 Å². The summed E-state index contributed by atoms with van der Waals surface area (Å²) in [7, 11) is 0. The average Bonchev–Trinajstić information content (AvgIpc) is 2.07. The standard InChI is InChI=1S/C8H11N3O3/c1-5(9)10-7-3-2-6(12)4-8(7)11(13)14/h2-5,10,12H,9H2,1H3. The van der Waals surface area contributed by atoms with E-state index in [1.54, 1.807) is 6.92 Å². The quantitative estimate of drug-likeness (QED) is 0.290. The van der Waals surface area contributed by atoms with Gasteiger partial charge in [0.15, 0.2) is 0 Å². The molecule has 0 heterocycles. The Morgan fingerprint density at radius 3 is 2.79 bits per heavy atom.